The summed E-state index contributed by atoms with van der Waals surface area (Å²) in [6, 6.07) is 3.80. The molecule has 2 rings (SSSR count). The van der Waals surface area contributed by atoms with E-state index in [4.69, 9.17) is 14.2 Å². The van der Waals surface area contributed by atoms with Gasteiger partial charge in [-0.1, -0.05) is 0 Å². The van der Waals surface area contributed by atoms with Crippen molar-refractivity contribution in [2.75, 3.05) is 32.0 Å². The van der Waals surface area contributed by atoms with Crippen LogP contribution in [-0.4, -0.2) is 42.6 Å². The van der Waals surface area contributed by atoms with Crippen LogP contribution in [0.25, 0.3) is 0 Å². The molecule has 0 aliphatic carbocycles. The number of nitrogens with zero attached hydrogens (tertiary/aromatic N) is 3. The molecule has 124 valence electrons. The SMILES string of the molecule is COc1cc(Nc2cnnc(NC(C)C)n2)cc(OC)c1OC. The quantitative estimate of drug-likeness (QED) is 0.804. The summed E-state index contributed by atoms with van der Waals surface area (Å²) in [5, 5.41) is 14.1. The number of aromatic nitrogens is 3. The van der Waals surface area contributed by atoms with E-state index < -0.39 is 0 Å². The Morgan fingerprint density at radius 1 is 1.00 bits per heavy atom. The Balaban J connectivity index is 2.29. The summed E-state index contributed by atoms with van der Waals surface area (Å²) in [6.45, 7) is 4.01. The zero-order valence-corrected chi connectivity index (χ0v) is 13.9. The Morgan fingerprint density at radius 2 is 1.65 bits per heavy atom. The second-order valence-corrected chi connectivity index (χ2v) is 5.00. The molecular weight excluding hydrogens is 298 g/mol. The van der Waals surface area contributed by atoms with Crippen molar-refractivity contribution in [3.8, 4) is 17.2 Å². The van der Waals surface area contributed by atoms with Gasteiger partial charge in [-0.25, -0.2) is 0 Å². The molecule has 0 aliphatic heterocycles. The van der Waals surface area contributed by atoms with Crippen LogP contribution >= 0.6 is 0 Å². The molecule has 23 heavy (non-hydrogen) atoms. The second-order valence-electron chi connectivity index (χ2n) is 5.00. The van der Waals surface area contributed by atoms with Crippen LogP contribution in [0, 0.1) is 0 Å². The molecule has 2 aromatic rings. The lowest BCUT2D eigenvalue weighted by molar-refractivity contribution is 0.324. The zero-order valence-electron chi connectivity index (χ0n) is 13.9. The van der Waals surface area contributed by atoms with Crippen LogP contribution in [-0.2, 0) is 0 Å². The van der Waals surface area contributed by atoms with Crippen molar-refractivity contribution in [2.45, 2.75) is 19.9 Å². The van der Waals surface area contributed by atoms with E-state index in [-0.39, 0.29) is 6.04 Å². The predicted octanol–water partition coefficient (Wildman–Crippen LogP) is 2.46. The summed E-state index contributed by atoms with van der Waals surface area (Å²) in [5.74, 6) is 2.65. The van der Waals surface area contributed by atoms with Crippen LogP contribution < -0.4 is 24.8 Å². The summed E-state index contributed by atoms with van der Waals surface area (Å²) >= 11 is 0. The molecular formula is C15H21N5O3. The fourth-order valence-electron chi connectivity index (χ4n) is 1.98. The number of rotatable bonds is 7. The maximum absolute atomic E-state index is 5.33. The lowest BCUT2D eigenvalue weighted by Crippen LogP contribution is -2.13. The molecule has 1 aromatic carbocycles. The molecule has 0 spiro atoms. The van der Waals surface area contributed by atoms with Crippen LogP contribution in [0.1, 0.15) is 13.8 Å². The smallest absolute Gasteiger partial charge is 0.244 e. The van der Waals surface area contributed by atoms with E-state index in [1.807, 2.05) is 13.8 Å². The summed E-state index contributed by atoms with van der Waals surface area (Å²) in [6.07, 6.45) is 1.54. The highest BCUT2D eigenvalue weighted by atomic mass is 16.5. The monoisotopic (exact) mass is 319 g/mol. The van der Waals surface area contributed by atoms with Gasteiger partial charge in [0, 0.05) is 23.9 Å². The first-order valence-electron chi connectivity index (χ1n) is 7.10. The van der Waals surface area contributed by atoms with Crippen molar-refractivity contribution in [1.29, 1.82) is 0 Å². The minimum absolute atomic E-state index is 0.216. The number of hydrogen-bond donors (Lipinski definition) is 2. The topological polar surface area (TPSA) is 90.4 Å². The first-order valence-corrected chi connectivity index (χ1v) is 7.10. The Hall–Kier alpha value is -2.77. The molecule has 0 saturated carbocycles. The van der Waals surface area contributed by atoms with Crippen molar-refractivity contribution >= 4 is 17.5 Å². The van der Waals surface area contributed by atoms with Gasteiger partial charge in [0.25, 0.3) is 0 Å². The Morgan fingerprint density at radius 3 is 2.17 bits per heavy atom. The largest absolute Gasteiger partial charge is 0.493 e. The number of nitrogens with one attached hydrogen (secondary N) is 2. The molecule has 0 bridgehead atoms. The van der Waals surface area contributed by atoms with Gasteiger partial charge in [-0.3, -0.25) is 0 Å². The Kier molecular flexibility index (Phi) is 5.40. The van der Waals surface area contributed by atoms with Gasteiger partial charge in [-0.05, 0) is 13.8 Å². The van der Waals surface area contributed by atoms with Crippen molar-refractivity contribution in [3.05, 3.63) is 18.3 Å². The van der Waals surface area contributed by atoms with Gasteiger partial charge in [0.05, 0.1) is 27.5 Å². The molecule has 1 heterocycles. The van der Waals surface area contributed by atoms with Crippen molar-refractivity contribution in [2.24, 2.45) is 0 Å². The average Bonchev–Trinajstić information content (AvgIpc) is 2.53. The molecule has 8 heteroatoms. The third-order valence-corrected chi connectivity index (χ3v) is 2.91. The number of anilines is 3. The lowest BCUT2D eigenvalue weighted by Gasteiger charge is -2.15. The van der Waals surface area contributed by atoms with Crippen molar-refractivity contribution < 1.29 is 14.2 Å². The van der Waals surface area contributed by atoms with Crippen molar-refractivity contribution in [1.82, 2.24) is 15.2 Å². The molecule has 0 unspecified atom stereocenters. The highest BCUT2D eigenvalue weighted by molar-refractivity contribution is 5.66. The molecule has 0 atom stereocenters. The molecule has 0 saturated heterocycles. The first kappa shape index (κ1) is 16.6. The van der Waals surface area contributed by atoms with E-state index in [9.17, 15) is 0 Å². The lowest BCUT2D eigenvalue weighted by atomic mass is 10.2. The summed E-state index contributed by atoms with van der Waals surface area (Å²) < 4.78 is 16.0. The van der Waals surface area contributed by atoms with Crippen LogP contribution in [0.15, 0.2) is 18.3 Å². The van der Waals surface area contributed by atoms with Crippen LogP contribution in [0.3, 0.4) is 0 Å². The van der Waals surface area contributed by atoms with Crippen molar-refractivity contribution in [3.63, 3.8) is 0 Å². The maximum Gasteiger partial charge on any atom is 0.244 e. The summed E-state index contributed by atoms with van der Waals surface area (Å²) in [4.78, 5) is 4.35. The van der Waals surface area contributed by atoms with E-state index in [2.05, 4.69) is 25.8 Å². The van der Waals surface area contributed by atoms with E-state index >= 15 is 0 Å². The minimum Gasteiger partial charge on any atom is -0.493 e. The standard InChI is InChI=1S/C15H21N5O3/c1-9(2)17-15-19-13(8-16-20-15)18-10-6-11(21-3)14(23-5)12(7-10)22-4/h6-9H,1-5H3,(H2,17,18,19,20). The van der Waals surface area contributed by atoms with Gasteiger partial charge in [0.2, 0.25) is 11.7 Å². The number of hydrogen-bond acceptors (Lipinski definition) is 8. The fraction of sp³-hybridized carbons (Fsp3) is 0.400. The third-order valence-electron chi connectivity index (χ3n) is 2.91. The van der Waals surface area contributed by atoms with Gasteiger partial charge in [0.1, 0.15) is 0 Å². The maximum atomic E-state index is 5.33. The number of methoxy groups -OCH3 is 3. The molecule has 2 N–H and O–H groups in total. The molecule has 0 fully saturated rings. The van der Waals surface area contributed by atoms with E-state index in [0.29, 0.717) is 29.0 Å². The van der Waals surface area contributed by atoms with E-state index in [0.717, 1.165) is 5.69 Å². The second kappa shape index (κ2) is 7.48. The van der Waals surface area contributed by atoms with E-state index in [1.54, 1.807) is 33.5 Å². The summed E-state index contributed by atoms with van der Waals surface area (Å²) in [5.41, 5.74) is 0.732. The Labute approximate surface area is 135 Å². The normalized spacial score (nSPS) is 10.3. The fourth-order valence-corrected chi connectivity index (χ4v) is 1.98. The van der Waals surface area contributed by atoms with Gasteiger partial charge >= 0.3 is 0 Å². The molecule has 0 radical (unpaired) electrons. The minimum atomic E-state index is 0.216. The van der Waals surface area contributed by atoms with Crippen LogP contribution in [0.5, 0.6) is 17.2 Å². The molecule has 0 aliphatic rings. The zero-order chi connectivity index (χ0) is 16.8. The average molecular weight is 319 g/mol. The highest BCUT2D eigenvalue weighted by Gasteiger charge is 2.13. The van der Waals surface area contributed by atoms with Crippen LogP contribution in [0.2, 0.25) is 0 Å². The Bertz CT molecular complexity index is 638. The number of benzene rings is 1. The van der Waals surface area contributed by atoms with Gasteiger partial charge in [-0.15, -0.1) is 5.10 Å². The number of ether oxygens (including phenoxy) is 3. The molecule has 0 amide bonds. The van der Waals surface area contributed by atoms with Gasteiger partial charge in [0.15, 0.2) is 17.3 Å². The highest BCUT2D eigenvalue weighted by Crippen LogP contribution is 2.40. The molecule has 8 nitrogen and oxygen atoms in total. The first-order chi connectivity index (χ1) is 11.1. The van der Waals surface area contributed by atoms with Crippen LogP contribution in [0.4, 0.5) is 17.5 Å². The van der Waals surface area contributed by atoms with E-state index in [1.165, 1.54) is 6.20 Å². The predicted molar refractivity (Wildman–Crippen MR) is 88.0 cm³/mol. The summed E-state index contributed by atoms with van der Waals surface area (Å²) in [7, 11) is 4.70. The molecule has 1 aromatic heterocycles. The third kappa shape index (κ3) is 4.12. The van der Waals surface area contributed by atoms with Gasteiger partial charge in [-0.2, -0.15) is 10.1 Å². The van der Waals surface area contributed by atoms with Gasteiger partial charge < -0.3 is 24.8 Å².